The molecule has 2 heteroatoms. The van der Waals surface area contributed by atoms with Crippen LogP contribution in [-0.2, 0) is 6.42 Å². The number of phenols is 2. The number of hydrogen-bond acceptors (Lipinski definition) is 2. The summed E-state index contributed by atoms with van der Waals surface area (Å²) in [7, 11) is 0. The van der Waals surface area contributed by atoms with Crippen molar-refractivity contribution in [1.29, 1.82) is 0 Å². The molecule has 0 bridgehead atoms. The quantitative estimate of drug-likeness (QED) is 0.271. The van der Waals surface area contributed by atoms with E-state index in [1.54, 1.807) is 18.2 Å². The first kappa shape index (κ1) is 24.3. The number of benzene rings is 2. The first-order valence-electron chi connectivity index (χ1n) is 12.3. The zero-order valence-corrected chi connectivity index (χ0v) is 19.0. The van der Waals surface area contributed by atoms with Crippen LogP contribution in [0.1, 0.15) is 102 Å². The molecule has 0 aliphatic carbocycles. The van der Waals surface area contributed by atoms with Crippen LogP contribution in [0.15, 0.2) is 42.5 Å². The molecule has 0 unspecified atom stereocenters. The Kier molecular flexibility index (Phi) is 12.1. The molecule has 30 heavy (non-hydrogen) atoms. The van der Waals surface area contributed by atoms with E-state index in [0.29, 0.717) is 5.75 Å². The Morgan fingerprint density at radius 2 is 1.00 bits per heavy atom. The van der Waals surface area contributed by atoms with Gasteiger partial charge in [-0.25, -0.2) is 0 Å². The summed E-state index contributed by atoms with van der Waals surface area (Å²) in [5, 5.41) is 19.6. The normalized spacial score (nSPS) is 11.1. The average Bonchev–Trinajstić information content (AvgIpc) is 2.76. The lowest BCUT2D eigenvalue weighted by atomic mass is 9.98. The zero-order chi connectivity index (χ0) is 21.4. The molecular formula is C28H42O2. The summed E-state index contributed by atoms with van der Waals surface area (Å²) in [5.74, 6) is 0.674. The van der Waals surface area contributed by atoms with E-state index < -0.39 is 0 Å². The highest BCUT2D eigenvalue weighted by atomic mass is 16.3. The SMILES string of the molecule is CCCCCCCCCCCCCCCCc1cc(-c2ccc(O)cc2)ccc1O. The summed E-state index contributed by atoms with van der Waals surface area (Å²) in [5.41, 5.74) is 3.18. The van der Waals surface area contributed by atoms with Gasteiger partial charge in [0.1, 0.15) is 11.5 Å². The van der Waals surface area contributed by atoms with E-state index in [0.717, 1.165) is 29.5 Å². The topological polar surface area (TPSA) is 40.5 Å². The molecule has 0 amide bonds. The molecular weight excluding hydrogens is 368 g/mol. The molecule has 0 saturated heterocycles. The fourth-order valence-electron chi connectivity index (χ4n) is 4.13. The van der Waals surface area contributed by atoms with E-state index >= 15 is 0 Å². The fourth-order valence-corrected chi connectivity index (χ4v) is 4.13. The summed E-state index contributed by atoms with van der Waals surface area (Å²) in [6.07, 6.45) is 20.0. The lowest BCUT2D eigenvalue weighted by molar-refractivity contribution is 0.466. The summed E-state index contributed by atoms with van der Waals surface area (Å²) < 4.78 is 0. The van der Waals surface area contributed by atoms with E-state index in [9.17, 15) is 10.2 Å². The van der Waals surface area contributed by atoms with Crippen LogP contribution in [0.25, 0.3) is 11.1 Å². The standard InChI is InChI=1S/C28H42O2/c1-2-3-4-5-6-7-8-9-10-11-12-13-14-15-16-26-23-25(19-22-28(26)30)24-17-20-27(29)21-18-24/h17-23,29-30H,2-16H2,1H3. The third-order valence-corrected chi connectivity index (χ3v) is 6.08. The third kappa shape index (κ3) is 9.69. The monoisotopic (exact) mass is 410 g/mol. The molecule has 2 rings (SSSR count). The maximum atomic E-state index is 10.2. The molecule has 0 aliphatic heterocycles. The average molecular weight is 411 g/mol. The van der Waals surface area contributed by atoms with Crippen molar-refractivity contribution in [1.82, 2.24) is 0 Å². The van der Waals surface area contributed by atoms with Gasteiger partial charge in [-0.3, -0.25) is 0 Å². The van der Waals surface area contributed by atoms with Gasteiger partial charge in [0.15, 0.2) is 0 Å². The van der Waals surface area contributed by atoms with Crippen molar-refractivity contribution in [3.63, 3.8) is 0 Å². The van der Waals surface area contributed by atoms with Gasteiger partial charge >= 0.3 is 0 Å². The van der Waals surface area contributed by atoms with E-state index in [1.807, 2.05) is 18.2 Å². The minimum atomic E-state index is 0.278. The highest BCUT2D eigenvalue weighted by Gasteiger charge is 2.05. The first-order valence-corrected chi connectivity index (χ1v) is 12.3. The smallest absolute Gasteiger partial charge is 0.118 e. The first-order chi connectivity index (χ1) is 14.7. The Balaban J connectivity index is 1.54. The van der Waals surface area contributed by atoms with Crippen molar-refractivity contribution in [3.05, 3.63) is 48.0 Å². The van der Waals surface area contributed by atoms with Gasteiger partial charge in [0.05, 0.1) is 0 Å². The minimum Gasteiger partial charge on any atom is -0.508 e. The molecule has 0 spiro atoms. The van der Waals surface area contributed by atoms with Crippen molar-refractivity contribution >= 4 is 0 Å². The number of aromatic hydroxyl groups is 2. The Morgan fingerprint density at radius 1 is 0.533 bits per heavy atom. The third-order valence-electron chi connectivity index (χ3n) is 6.08. The van der Waals surface area contributed by atoms with Crippen LogP contribution in [0.3, 0.4) is 0 Å². The Hall–Kier alpha value is -1.96. The molecule has 2 nitrogen and oxygen atoms in total. The Bertz CT molecular complexity index is 690. The highest BCUT2D eigenvalue weighted by molar-refractivity contribution is 5.66. The van der Waals surface area contributed by atoms with E-state index in [2.05, 4.69) is 13.0 Å². The Morgan fingerprint density at radius 3 is 1.53 bits per heavy atom. The second kappa shape index (κ2) is 14.9. The maximum Gasteiger partial charge on any atom is 0.118 e. The minimum absolute atomic E-state index is 0.278. The predicted octanol–water partition coefficient (Wildman–Crippen LogP) is 8.79. The van der Waals surface area contributed by atoms with Crippen LogP contribution in [0.4, 0.5) is 0 Å². The molecule has 166 valence electrons. The Labute approximate surface area is 184 Å². The van der Waals surface area contributed by atoms with Gasteiger partial charge in [0, 0.05) is 0 Å². The lowest BCUT2D eigenvalue weighted by Gasteiger charge is -2.09. The van der Waals surface area contributed by atoms with Gasteiger partial charge in [0.25, 0.3) is 0 Å². The fraction of sp³-hybridized carbons (Fsp3) is 0.571. The lowest BCUT2D eigenvalue weighted by Crippen LogP contribution is -1.89. The van der Waals surface area contributed by atoms with Gasteiger partial charge < -0.3 is 10.2 Å². The summed E-state index contributed by atoms with van der Waals surface area (Å²) in [4.78, 5) is 0. The number of aryl methyl sites for hydroxylation is 1. The van der Waals surface area contributed by atoms with Crippen LogP contribution < -0.4 is 0 Å². The van der Waals surface area contributed by atoms with Crippen molar-refractivity contribution in [2.75, 3.05) is 0 Å². The molecule has 0 fully saturated rings. The number of unbranched alkanes of at least 4 members (excludes halogenated alkanes) is 13. The maximum absolute atomic E-state index is 10.2. The van der Waals surface area contributed by atoms with Crippen molar-refractivity contribution < 1.29 is 10.2 Å². The number of rotatable bonds is 16. The number of phenolic OH excluding ortho intramolecular Hbond substituents is 2. The molecule has 0 radical (unpaired) electrons. The second-order valence-corrected chi connectivity index (χ2v) is 8.74. The molecule has 0 aromatic heterocycles. The van der Waals surface area contributed by atoms with Crippen LogP contribution in [0.5, 0.6) is 11.5 Å². The van der Waals surface area contributed by atoms with E-state index in [4.69, 9.17) is 0 Å². The number of hydrogen-bond donors (Lipinski definition) is 2. The van der Waals surface area contributed by atoms with Crippen molar-refractivity contribution in [3.8, 4) is 22.6 Å². The van der Waals surface area contributed by atoms with Crippen LogP contribution >= 0.6 is 0 Å². The van der Waals surface area contributed by atoms with Gasteiger partial charge in [-0.15, -0.1) is 0 Å². The second-order valence-electron chi connectivity index (χ2n) is 8.74. The molecule has 0 heterocycles. The van der Waals surface area contributed by atoms with Crippen molar-refractivity contribution in [2.45, 2.75) is 103 Å². The van der Waals surface area contributed by atoms with Gasteiger partial charge in [-0.05, 0) is 53.8 Å². The molecule has 2 aromatic carbocycles. The largest absolute Gasteiger partial charge is 0.508 e. The van der Waals surface area contributed by atoms with Crippen LogP contribution in [-0.4, -0.2) is 10.2 Å². The van der Waals surface area contributed by atoms with Gasteiger partial charge in [-0.1, -0.05) is 109 Å². The summed E-state index contributed by atoms with van der Waals surface area (Å²) >= 11 is 0. The molecule has 0 atom stereocenters. The molecule has 0 aliphatic rings. The summed E-state index contributed by atoms with van der Waals surface area (Å²) in [6.45, 7) is 2.28. The highest BCUT2D eigenvalue weighted by Crippen LogP contribution is 2.28. The summed E-state index contributed by atoms with van der Waals surface area (Å²) in [6, 6.07) is 13.1. The predicted molar refractivity (Wildman–Crippen MR) is 129 cm³/mol. The van der Waals surface area contributed by atoms with E-state index in [-0.39, 0.29) is 5.75 Å². The molecule has 0 saturated carbocycles. The zero-order valence-electron chi connectivity index (χ0n) is 19.0. The van der Waals surface area contributed by atoms with E-state index in [1.165, 1.54) is 83.5 Å². The van der Waals surface area contributed by atoms with Crippen molar-refractivity contribution in [2.24, 2.45) is 0 Å². The molecule has 2 aromatic rings. The van der Waals surface area contributed by atoms with Gasteiger partial charge in [-0.2, -0.15) is 0 Å². The van der Waals surface area contributed by atoms with Crippen LogP contribution in [0, 0.1) is 0 Å². The van der Waals surface area contributed by atoms with Crippen LogP contribution in [0.2, 0.25) is 0 Å². The molecule has 2 N–H and O–H groups in total. The van der Waals surface area contributed by atoms with Gasteiger partial charge in [0.2, 0.25) is 0 Å².